The van der Waals surface area contributed by atoms with Crippen LogP contribution in [0.3, 0.4) is 0 Å². The van der Waals surface area contributed by atoms with Crippen molar-refractivity contribution in [2.75, 3.05) is 12.4 Å². The largest absolute Gasteiger partial charge is 0.373 e. The Morgan fingerprint density at radius 3 is 2.94 bits per heavy atom. The standard InChI is InChI=1S/C11H13ClN4/c1-8-10(12)6-15-16(8)7-9-4-3-5-14-11(9)13-2/h3-6H,7H2,1-2H3,(H,13,14). The lowest BCUT2D eigenvalue weighted by Gasteiger charge is -2.08. The molecule has 2 aromatic heterocycles. The maximum Gasteiger partial charge on any atom is 0.130 e. The van der Waals surface area contributed by atoms with E-state index in [0.29, 0.717) is 11.6 Å². The molecular weight excluding hydrogens is 224 g/mol. The number of pyridine rings is 1. The molecule has 0 atom stereocenters. The van der Waals surface area contributed by atoms with Crippen molar-refractivity contribution < 1.29 is 0 Å². The maximum atomic E-state index is 5.95. The van der Waals surface area contributed by atoms with Gasteiger partial charge in [-0.3, -0.25) is 4.68 Å². The normalized spacial score (nSPS) is 10.4. The predicted molar refractivity (Wildman–Crippen MR) is 64.9 cm³/mol. The van der Waals surface area contributed by atoms with E-state index < -0.39 is 0 Å². The maximum absolute atomic E-state index is 5.95. The lowest BCUT2D eigenvalue weighted by molar-refractivity contribution is 0.664. The predicted octanol–water partition coefficient (Wildman–Crippen LogP) is 2.33. The molecule has 0 aliphatic carbocycles. The SMILES string of the molecule is CNc1ncccc1Cn1ncc(Cl)c1C. The van der Waals surface area contributed by atoms with Crippen molar-refractivity contribution in [1.82, 2.24) is 14.8 Å². The molecule has 0 fully saturated rings. The van der Waals surface area contributed by atoms with Gasteiger partial charge in [0.1, 0.15) is 5.82 Å². The summed E-state index contributed by atoms with van der Waals surface area (Å²) in [6.07, 6.45) is 3.42. The van der Waals surface area contributed by atoms with Gasteiger partial charge in [-0.1, -0.05) is 17.7 Å². The highest BCUT2D eigenvalue weighted by Crippen LogP contribution is 2.17. The minimum Gasteiger partial charge on any atom is -0.373 e. The van der Waals surface area contributed by atoms with Gasteiger partial charge in [-0.25, -0.2) is 4.98 Å². The first-order valence-electron chi connectivity index (χ1n) is 5.02. The summed E-state index contributed by atoms with van der Waals surface area (Å²) < 4.78 is 1.86. The fraction of sp³-hybridized carbons (Fsp3) is 0.273. The molecule has 0 saturated carbocycles. The summed E-state index contributed by atoms with van der Waals surface area (Å²) in [6, 6.07) is 3.93. The van der Waals surface area contributed by atoms with Crippen molar-refractivity contribution in [3.05, 3.63) is 40.8 Å². The molecule has 5 heteroatoms. The number of hydrogen-bond acceptors (Lipinski definition) is 3. The van der Waals surface area contributed by atoms with E-state index in [1.807, 2.05) is 30.8 Å². The van der Waals surface area contributed by atoms with Crippen LogP contribution in [0.2, 0.25) is 5.02 Å². The van der Waals surface area contributed by atoms with Gasteiger partial charge in [0.05, 0.1) is 23.5 Å². The van der Waals surface area contributed by atoms with Crippen LogP contribution in [-0.4, -0.2) is 21.8 Å². The molecule has 0 aromatic carbocycles. The Labute approximate surface area is 99.3 Å². The first kappa shape index (κ1) is 11.0. The van der Waals surface area contributed by atoms with E-state index in [0.717, 1.165) is 17.1 Å². The molecule has 2 heterocycles. The molecule has 2 aromatic rings. The van der Waals surface area contributed by atoms with Gasteiger partial charge >= 0.3 is 0 Å². The molecule has 0 saturated heterocycles. The molecule has 0 radical (unpaired) electrons. The van der Waals surface area contributed by atoms with E-state index in [4.69, 9.17) is 11.6 Å². The monoisotopic (exact) mass is 236 g/mol. The number of hydrogen-bond donors (Lipinski definition) is 1. The van der Waals surface area contributed by atoms with E-state index >= 15 is 0 Å². The highest BCUT2D eigenvalue weighted by molar-refractivity contribution is 6.31. The molecule has 0 amide bonds. The highest BCUT2D eigenvalue weighted by atomic mass is 35.5. The number of nitrogens with one attached hydrogen (secondary N) is 1. The number of rotatable bonds is 3. The van der Waals surface area contributed by atoms with Crippen LogP contribution in [0.4, 0.5) is 5.82 Å². The molecular formula is C11H13ClN4. The van der Waals surface area contributed by atoms with Gasteiger partial charge in [0.25, 0.3) is 0 Å². The van der Waals surface area contributed by atoms with Crippen molar-refractivity contribution in [3.63, 3.8) is 0 Å². The van der Waals surface area contributed by atoms with Gasteiger partial charge in [-0.05, 0) is 13.0 Å². The average Bonchev–Trinajstić information content (AvgIpc) is 2.62. The Bertz CT molecular complexity index is 492. The lowest BCUT2D eigenvalue weighted by atomic mass is 10.2. The van der Waals surface area contributed by atoms with E-state index in [1.54, 1.807) is 12.4 Å². The quantitative estimate of drug-likeness (QED) is 0.890. The van der Waals surface area contributed by atoms with Crippen LogP contribution in [0.5, 0.6) is 0 Å². The zero-order chi connectivity index (χ0) is 11.5. The fourth-order valence-corrected chi connectivity index (χ4v) is 1.68. The second-order valence-corrected chi connectivity index (χ2v) is 3.90. The van der Waals surface area contributed by atoms with Crippen LogP contribution < -0.4 is 5.32 Å². The molecule has 0 bridgehead atoms. The zero-order valence-corrected chi connectivity index (χ0v) is 9.99. The van der Waals surface area contributed by atoms with Gasteiger partial charge in [0, 0.05) is 18.8 Å². The molecule has 16 heavy (non-hydrogen) atoms. The number of halogens is 1. The topological polar surface area (TPSA) is 42.7 Å². The Morgan fingerprint density at radius 1 is 1.50 bits per heavy atom. The van der Waals surface area contributed by atoms with E-state index in [2.05, 4.69) is 15.4 Å². The van der Waals surface area contributed by atoms with Gasteiger partial charge in [-0.15, -0.1) is 0 Å². The molecule has 84 valence electrons. The summed E-state index contributed by atoms with van der Waals surface area (Å²) in [5.74, 6) is 0.869. The van der Waals surface area contributed by atoms with Crippen LogP contribution in [0.1, 0.15) is 11.3 Å². The summed E-state index contributed by atoms with van der Waals surface area (Å²) in [5.41, 5.74) is 2.06. The summed E-state index contributed by atoms with van der Waals surface area (Å²) in [4.78, 5) is 4.24. The van der Waals surface area contributed by atoms with Gasteiger partial charge in [-0.2, -0.15) is 5.10 Å². The van der Waals surface area contributed by atoms with Gasteiger partial charge in [0.2, 0.25) is 0 Å². The summed E-state index contributed by atoms with van der Waals surface area (Å²) in [6.45, 7) is 2.62. The van der Waals surface area contributed by atoms with Gasteiger partial charge < -0.3 is 5.32 Å². The van der Waals surface area contributed by atoms with Crippen LogP contribution >= 0.6 is 11.6 Å². The molecule has 0 aliphatic rings. The number of nitrogens with zero attached hydrogens (tertiary/aromatic N) is 3. The smallest absolute Gasteiger partial charge is 0.130 e. The van der Waals surface area contributed by atoms with Crippen molar-refractivity contribution in [2.45, 2.75) is 13.5 Å². The Kier molecular flexibility index (Phi) is 3.10. The molecule has 0 unspecified atom stereocenters. The molecule has 0 aliphatic heterocycles. The lowest BCUT2D eigenvalue weighted by Crippen LogP contribution is -2.07. The Balaban J connectivity index is 2.30. The summed E-state index contributed by atoms with van der Waals surface area (Å²) in [5, 5.41) is 7.96. The molecule has 4 nitrogen and oxygen atoms in total. The minimum atomic E-state index is 0.669. The van der Waals surface area contributed by atoms with Crippen molar-refractivity contribution in [1.29, 1.82) is 0 Å². The van der Waals surface area contributed by atoms with Crippen molar-refractivity contribution in [3.8, 4) is 0 Å². The average molecular weight is 237 g/mol. The second kappa shape index (κ2) is 4.53. The first-order valence-corrected chi connectivity index (χ1v) is 5.39. The number of anilines is 1. The third kappa shape index (κ3) is 2.02. The van der Waals surface area contributed by atoms with Crippen molar-refractivity contribution >= 4 is 17.4 Å². The first-order chi connectivity index (χ1) is 7.72. The molecule has 1 N–H and O–H groups in total. The highest BCUT2D eigenvalue weighted by Gasteiger charge is 2.07. The minimum absolute atomic E-state index is 0.669. The molecule has 2 rings (SSSR count). The van der Waals surface area contributed by atoms with E-state index in [1.165, 1.54) is 0 Å². The van der Waals surface area contributed by atoms with Gasteiger partial charge in [0.15, 0.2) is 0 Å². The van der Waals surface area contributed by atoms with Crippen LogP contribution in [0.25, 0.3) is 0 Å². The third-order valence-corrected chi connectivity index (χ3v) is 2.86. The van der Waals surface area contributed by atoms with E-state index in [-0.39, 0.29) is 0 Å². The third-order valence-electron chi connectivity index (χ3n) is 2.49. The zero-order valence-electron chi connectivity index (χ0n) is 9.24. The Hall–Kier alpha value is -1.55. The second-order valence-electron chi connectivity index (χ2n) is 3.50. The number of aromatic nitrogens is 3. The summed E-state index contributed by atoms with van der Waals surface area (Å²) in [7, 11) is 1.86. The van der Waals surface area contributed by atoms with Crippen LogP contribution in [0.15, 0.2) is 24.5 Å². The molecule has 0 spiro atoms. The van der Waals surface area contributed by atoms with Crippen molar-refractivity contribution in [2.24, 2.45) is 0 Å². The van der Waals surface area contributed by atoms with E-state index in [9.17, 15) is 0 Å². The van der Waals surface area contributed by atoms with Crippen LogP contribution in [-0.2, 0) is 6.54 Å². The fourth-order valence-electron chi connectivity index (χ4n) is 1.54. The summed E-state index contributed by atoms with van der Waals surface area (Å²) >= 11 is 5.95. The van der Waals surface area contributed by atoms with Crippen LogP contribution in [0, 0.1) is 6.92 Å². The Morgan fingerprint density at radius 2 is 2.31 bits per heavy atom.